The highest BCUT2D eigenvalue weighted by molar-refractivity contribution is 5.75. The number of carbonyl (C=O) groups is 2. The topological polar surface area (TPSA) is 117 Å². The van der Waals surface area contributed by atoms with Gasteiger partial charge < -0.3 is 20.3 Å². The predicted molar refractivity (Wildman–Crippen MR) is 56.1 cm³/mol. The first-order chi connectivity index (χ1) is 7.99. The van der Waals surface area contributed by atoms with Gasteiger partial charge in [-0.3, -0.25) is 4.79 Å². The number of nitrogens with zero attached hydrogens (tertiary/aromatic N) is 2. The van der Waals surface area contributed by atoms with Crippen molar-refractivity contribution in [3.8, 4) is 0 Å². The van der Waals surface area contributed by atoms with Crippen LogP contribution in [0.4, 0.5) is 4.79 Å². The lowest BCUT2D eigenvalue weighted by Gasteiger charge is -2.08. The summed E-state index contributed by atoms with van der Waals surface area (Å²) in [6.45, 7) is 3.34. The molecule has 1 rings (SSSR count). The van der Waals surface area contributed by atoms with Crippen molar-refractivity contribution < 1.29 is 19.2 Å². The minimum Gasteiger partial charge on any atom is -0.481 e. The van der Waals surface area contributed by atoms with Gasteiger partial charge in [-0.1, -0.05) is 12.1 Å². The van der Waals surface area contributed by atoms with Gasteiger partial charge in [0.05, 0.1) is 12.5 Å². The van der Waals surface area contributed by atoms with E-state index < -0.39 is 17.9 Å². The SMILES string of the molecule is Cc1nc(CNC(=O)NCC(C)C(=O)O)no1. The Hall–Kier alpha value is -2.12. The van der Waals surface area contributed by atoms with Crippen molar-refractivity contribution in [1.29, 1.82) is 0 Å². The zero-order valence-electron chi connectivity index (χ0n) is 9.56. The lowest BCUT2D eigenvalue weighted by molar-refractivity contribution is -0.140. The van der Waals surface area contributed by atoms with Crippen LogP contribution in [0, 0.1) is 12.8 Å². The van der Waals surface area contributed by atoms with Crippen molar-refractivity contribution in [2.45, 2.75) is 20.4 Å². The number of aliphatic carboxylic acids is 1. The van der Waals surface area contributed by atoms with Gasteiger partial charge in [-0.2, -0.15) is 4.98 Å². The highest BCUT2D eigenvalue weighted by atomic mass is 16.5. The van der Waals surface area contributed by atoms with E-state index in [9.17, 15) is 9.59 Å². The van der Waals surface area contributed by atoms with Gasteiger partial charge in [0.25, 0.3) is 0 Å². The molecule has 3 N–H and O–H groups in total. The third kappa shape index (κ3) is 4.49. The van der Waals surface area contributed by atoms with Gasteiger partial charge in [-0.25, -0.2) is 4.79 Å². The van der Waals surface area contributed by atoms with E-state index in [4.69, 9.17) is 9.63 Å². The van der Waals surface area contributed by atoms with Crippen LogP contribution in [-0.2, 0) is 11.3 Å². The van der Waals surface area contributed by atoms with E-state index in [-0.39, 0.29) is 13.1 Å². The molecule has 0 bridgehead atoms. The highest BCUT2D eigenvalue weighted by Crippen LogP contribution is 1.94. The molecular weight excluding hydrogens is 228 g/mol. The number of rotatable bonds is 5. The summed E-state index contributed by atoms with van der Waals surface area (Å²) in [5.41, 5.74) is 0. The summed E-state index contributed by atoms with van der Waals surface area (Å²) in [4.78, 5) is 25.6. The molecule has 1 heterocycles. The number of hydrogen-bond acceptors (Lipinski definition) is 5. The number of aromatic nitrogens is 2. The van der Waals surface area contributed by atoms with Crippen LogP contribution in [0.5, 0.6) is 0 Å². The minimum atomic E-state index is -0.959. The predicted octanol–water partition coefficient (Wildman–Crippen LogP) is -0.102. The molecule has 0 saturated carbocycles. The number of carboxylic acids is 1. The van der Waals surface area contributed by atoms with Gasteiger partial charge >= 0.3 is 12.0 Å². The number of amides is 2. The van der Waals surface area contributed by atoms with Crippen molar-refractivity contribution in [3.05, 3.63) is 11.7 Å². The summed E-state index contributed by atoms with van der Waals surface area (Å²) < 4.78 is 4.72. The number of hydrogen-bond donors (Lipinski definition) is 3. The molecule has 0 saturated heterocycles. The van der Waals surface area contributed by atoms with E-state index in [1.807, 2.05) is 0 Å². The monoisotopic (exact) mass is 242 g/mol. The number of carboxylic acid groups (broad SMARTS) is 1. The molecule has 1 unspecified atom stereocenters. The molecule has 94 valence electrons. The van der Waals surface area contributed by atoms with E-state index in [0.29, 0.717) is 11.7 Å². The first-order valence-corrected chi connectivity index (χ1v) is 5.02. The molecule has 2 amide bonds. The highest BCUT2D eigenvalue weighted by Gasteiger charge is 2.12. The molecular formula is C9H14N4O4. The summed E-state index contributed by atoms with van der Waals surface area (Å²) in [5.74, 6) is -0.807. The summed E-state index contributed by atoms with van der Waals surface area (Å²) in [6, 6.07) is -0.472. The average molecular weight is 242 g/mol. The number of nitrogens with one attached hydrogen (secondary N) is 2. The molecule has 0 radical (unpaired) electrons. The maximum Gasteiger partial charge on any atom is 0.315 e. The fourth-order valence-electron chi connectivity index (χ4n) is 0.968. The maximum atomic E-state index is 11.2. The molecule has 0 fully saturated rings. The Morgan fingerprint density at radius 3 is 2.71 bits per heavy atom. The second-order valence-corrected chi connectivity index (χ2v) is 3.53. The first kappa shape index (κ1) is 12.9. The van der Waals surface area contributed by atoms with Gasteiger partial charge in [0, 0.05) is 13.5 Å². The van der Waals surface area contributed by atoms with Gasteiger partial charge in [0.1, 0.15) is 0 Å². The number of aryl methyl sites for hydroxylation is 1. The van der Waals surface area contributed by atoms with Crippen LogP contribution < -0.4 is 10.6 Å². The molecule has 0 aliphatic heterocycles. The van der Waals surface area contributed by atoms with E-state index in [0.717, 1.165) is 0 Å². The molecule has 1 atom stereocenters. The molecule has 0 aromatic carbocycles. The number of urea groups is 1. The normalized spacial score (nSPS) is 11.9. The van der Waals surface area contributed by atoms with Crippen LogP contribution in [0.2, 0.25) is 0 Å². The summed E-state index contributed by atoms with van der Waals surface area (Å²) >= 11 is 0. The molecule has 0 aliphatic carbocycles. The van der Waals surface area contributed by atoms with Gasteiger partial charge in [-0.15, -0.1) is 0 Å². The van der Waals surface area contributed by atoms with Crippen molar-refractivity contribution in [1.82, 2.24) is 20.8 Å². The second-order valence-electron chi connectivity index (χ2n) is 3.53. The molecule has 1 aromatic rings. The van der Waals surface area contributed by atoms with Crippen LogP contribution in [0.1, 0.15) is 18.6 Å². The molecule has 0 aliphatic rings. The van der Waals surface area contributed by atoms with Crippen LogP contribution in [0.3, 0.4) is 0 Å². The van der Waals surface area contributed by atoms with E-state index in [1.54, 1.807) is 6.92 Å². The van der Waals surface area contributed by atoms with Crippen molar-refractivity contribution in [2.75, 3.05) is 6.54 Å². The minimum absolute atomic E-state index is 0.0619. The lowest BCUT2D eigenvalue weighted by atomic mass is 10.2. The van der Waals surface area contributed by atoms with E-state index in [1.165, 1.54) is 6.92 Å². The first-order valence-electron chi connectivity index (χ1n) is 5.02. The Bertz CT molecular complexity index is 403. The lowest BCUT2D eigenvalue weighted by Crippen LogP contribution is -2.39. The fourth-order valence-corrected chi connectivity index (χ4v) is 0.968. The van der Waals surface area contributed by atoms with Gasteiger partial charge in [0.2, 0.25) is 5.89 Å². The van der Waals surface area contributed by atoms with Crippen LogP contribution >= 0.6 is 0 Å². The van der Waals surface area contributed by atoms with Crippen LogP contribution in [0.25, 0.3) is 0 Å². The van der Waals surface area contributed by atoms with Crippen LogP contribution in [0.15, 0.2) is 4.52 Å². The number of carbonyl (C=O) groups excluding carboxylic acids is 1. The largest absolute Gasteiger partial charge is 0.481 e. The summed E-state index contributed by atoms with van der Waals surface area (Å²) in [7, 11) is 0. The molecule has 8 heteroatoms. The maximum absolute atomic E-state index is 11.2. The van der Waals surface area contributed by atoms with Crippen molar-refractivity contribution >= 4 is 12.0 Å². The Labute approximate surface area is 97.4 Å². The van der Waals surface area contributed by atoms with Gasteiger partial charge in [-0.05, 0) is 0 Å². The quantitative estimate of drug-likeness (QED) is 0.663. The summed E-state index contributed by atoms with van der Waals surface area (Å²) in [6.07, 6.45) is 0. The Balaban J connectivity index is 2.24. The molecule has 0 spiro atoms. The van der Waals surface area contributed by atoms with Crippen LogP contribution in [-0.4, -0.2) is 33.8 Å². The third-order valence-corrected chi connectivity index (χ3v) is 1.97. The average Bonchev–Trinajstić information content (AvgIpc) is 2.69. The van der Waals surface area contributed by atoms with E-state index in [2.05, 4.69) is 20.8 Å². The smallest absolute Gasteiger partial charge is 0.315 e. The Morgan fingerprint density at radius 2 is 2.18 bits per heavy atom. The zero-order chi connectivity index (χ0) is 12.8. The Morgan fingerprint density at radius 1 is 1.47 bits per heavy atom. The van der Waals surface area contributed by atoms with Crippen molar-refractivity contribution in [3.63, 3.8) is 0 Å². The van der Waals surface area contributed by atoms with Gasteiger partial charge in [0.15, 0.2) is 5.82 Å². The Kier molecular flexibility index (Phi) is 4.44. The molecule has 17 heavy (non-hydrogen) atoms. The third-order valence-electron chi connectivity index (χ3n) is 1.97. The zero-order valence-corrected chi connectivity index (χ0v) is 9.56. The summed E-state index contributed by atoms with van der Waals surface area (Å²) in [5, 5.41) is 17.1. The fraction of sp³-hybridized carbons (Fsp3) is 0.556. The van der Waals surface area contributed by atoms with E-state index >= 15 is 0 Å². The molecule has 1 aromatic heterocycles. The standard InChI is InChI=1S/C9H14N4O4/c1-5(8(14)15)3-10-9(16)11-4-7-12-6(2)17-13-7/h5H,3-4H2,1-2H3,(H,14,15)(H2,10,11,16). The van der Waals surface area contributed by atoms with Crippen molar-refractivity contribution in [2.24, 2.45) is 5.92 Å². The second kappa shape index (κ2) is 5.83. The molecule has 8 nitrogen and oxygen atoms in total.